The number of ether oxygens (including phenoxy) is 1. The molecular weight excluding hydrogens is 366 g/mol. The molecule has 1 aromatic heterocycles. The Kier molecular flexibility index (Phi) is 5.55. The van der Waals surface area contributed by atoms with E-state index in [0.29, 0.717) is 6.54 Å². The molecule has 1 atom stereocenters. The van der Waals surface area contributed by atoms with Gasteiger partial charge in [-0.3, -0.25) is 9.59 Å². The Hall–Kier alpha value is -3.02. The van der Waals surface area contributed by atoms with Crippen molar-refractivity contribution in [3.8, 4) is 5.75 Å². The second-order valence-electron chi connectivity index (χ2n) is 8.51. The molecule has 0 radical (unpaired) electrons. The van der Waals surface area contributed by atoms with Gasteiger partial charge in [0.15, 0.2) is 6.04 Å². The molecule has 1 aliphatic heterocycles. The van der Waals surface area contributed by atoms with Gasteiger partial charge in [-0.2, -0.15) is 0 Å². The van der Waals surface area contributed by atoms with Gasteiger partial charge in [-0.25, -0.2) is 0 Å². The molecule has 0 fully saturated rings. The fourth-order valence-electron chi connectivity index (χ4n) is 3.64. The predicted octanol–water partition coefficient (Wildman–Crippen LogP) is 3.44. The van der Waals surface area contributed by atoms with Crippen LogP contribution < -0.4 is 10.1 Å². The van der Waals surface area contributed by atoms with Crippen LogP contribution in [0.15, 0.2) is 42.6 Å². The number of methoxy groups -OCH3 is 1. The Bertz CT molecular complexity index is 949. The Morgan fingerprint density at radius 3 is 2.41 bits per heavy atom. The first-order valence-electron chi connectivity index (χ1n) is 9.70. The summed E-state index contributed by atoms with van der Waals surface area (Å²) in [6, 6.07) is 8.78. The topological polar surface area (TPSA) is 63.6 Å². The quantitative estimate of drug-likeness (QED) is 0.863. The van der Waals surface area contributed by atoms with Gasteiger partial charge in [0.25, 0.3) is 0 Å². The van der Waals surface area contributed by atoms with Crippen LogP contribution in [-0.2, 0) is 23.2 Å². The van der Waals surface area contributed by atoms with Crippen molar-refractivity contribution >= 4 is 17.4 Å². The van der Waals surface area contributed by atoms with Crippen molar-refractivity contribution < 1.29 is 14.3 Å². The number of nitrogens with zero attached hydrogens (tertiary/aromatic N) is 2. The summed E-state index contributed by atoms with van der Waals surface area (Å²) in [6.45, 7) is 8.04. The van der Waals surface area contributed by atoms with Crippen LogP contribution >= 0.6 is 0 Å². The predicted molar refractivity (Wildman–Crippen MR) is 113 cm³/mol. The normalized spacial score (nSPS) is 16.8. The molecule has 2 heterocycles. The fraction of sp³-hybridized carbons (Fsp3) is 0.391. The average molecular weight is 396 g/mol. The maximum Gasteiger partial charge on any atom is 0.249 e. The number of fused-ring (bicyclic) bond motifs is 1. The molecule has 0 spiro atoms. The van der Waals surface area contributed by atoms with Gasteiger partial charge in [-0.1, -0.05) is 12.1 Å². The van der Waals surface area contributed by atoms with Crippen LogP contribution in [0.25, 0.3) is 5.57 Å². The molecule has 29 heavy (non-hydrogen) atoms. The molecule has 2 aromatic rings. The molecule has 1 N–H and O–H groups in total. The van der Waals surface area contributed by atoms with Crippen LogP contribution in [0.4, 0.5) is 0 Å². The molecule has 6 nitrogen and oxygen atoms in total. The zero-order chi connectivity index (χ0) is 21.3. The first-order chi connectivity index (χ1) is 13.6. The van der Waals surface area contributed by atoms with Gasteiger partial charge in [0.1, 0.15) is 5.75 Å². The first-order valence-corrected chi connectivity index (χ1v) is 9.70. The van der Waals surface area contributed by atoms with Crippen molar-refractivity contribution in [3.63, 3.8) is 0 Å². The molecule has 1 aromatic carbocycles. The lowest BCUT2D eigenvalue weighted by Crippen LogP contribution is -2.49. The van der Waals surface area contributed by atoms with Crippen molar-refractivity contribution in [1.82, 2.24) is 14.8 Å². The molecule has 0 aliphatic carbocycles. The van der Waals surface area contributed by atoms with Gasteiger partial charge in [-0.15, -0.1) is 0 Å². The second-order valence-corrected chi connectivity index (χ2v) is 8.51. The number of aromatic nitrogens is 1. The maximum atomic E-state index is 13.4. The van der Waals surface area contributed by atoms with E-state index in [1.165, 1.54) is 0 Å². The summed E-state index contributed by atoms with van der Waals surface area (Å²) in [4.78, 5) is 28.2. The number of aryl methyl sites for hydroxylation is 1. The summed E-state index contributed by atoms with van der Waals surface area (Å²) in [6.07, 6.45) is 3.55. The van der Waals surface area contributed by atoms with Crippen LogP contribution in [0.3, 0.4) is 0 Å². The van der Waals surface area contributed by atoms with Gasteiger partial charge in [-0.05, 0) is 57.0 Å². The van der Waals surface area contributed by atoms with Crippen molar-refractivity contribution in [3.05, 3.63) is 59.4 Å². The lowest BCUT2D eigenvalue weighted by molar-refractivity contribution is -0.139. The van der Waals surface area contributed by atoms with Crippen LogP contribution in [0.2, 0.25) is 0 Å². The third-order valence-electron chi connectivity index (χ3n) is 5.00. The number of allylic oxidation sites excluding steroid dienone is 1. The van der Waals surface area contributed by atoms with Gasteiger partial charge in [0.05, 0.1) is 12.8 Å². The second kappa shape index (κ2) is 7.78. The smallest absolute Gasteiger partial charge is 0.249 e. The molecule has 6 heteroatoms. The highest BCUT2D eigenvalue weighted by molar-refractivity contribution is 6.00. The van der Waals surface area contributed by atoms with Crippen LogP contribution in [0.5, 0.6) is 5.75 Å². The van der Waals surface area contributed by atoms with E-state index in [-0.39, 0.29) is 11.8 Å². The van der Waals surface area contributed by atoms with Crippen LogP contribution in [0.1, 0.15) is 50.6 Å². The molecule has 0 saturated carbocycles. The van der Waals surface area contributed by atoms with E-state index in [0.717, 1.165) is 28.1 Å². The minimum atomic E-state index is -0.729. The number of benzene rings is 1. The van der Waals surface area contributed by atoms with E-state index < -0.39 is 11.6 Å². The minimum absolute atomic E-state index is 0.177. The van der Waals surface area contributed by atoms with Crippen molar-refractivity contribution in [2.45, 2.75) is 45.8 Å². The van der Waals surface area contributed by atoms with Gasteiger partial charge in [0.2, 0.25) is 11.8 Å². The lowest BCUT2D eigenvalue weighted by atomic mass is 10.0. The molecule has 154 valence electrons. The standard InChI is InChI=1S/C23H29N3O3/c1-15-13-19(27)26(14-16-7-9-17(29-6)10-8-16)21(22(28)24-23(2,3)4)20-18(15)11-12-25(20)5/h7-13,21H,14H2,1-6H3,(H,24,28). The Morgan fingerprint density at radius 1 is 1.17 bits per heavy atom. The number of amides is 2. The summed E-state index contributed by atoms with van der Waals surface area (Å²) in [5.74, 6) is 0.382. The van der Waals surface area contributed by atoms with Gasteiger partial charge in [0, 0.05) is 37.0 Å². The zero-order valence-electron chi connectivity index (χ0n) is 17.9. The Labute approximate surface area is 172 Å². The third kappa shape index (κ3) is 4.36. The molecular formula is C23H29N3O3. The van der Waals surface area contributed by atoms with E-state index in [9.17, 15) is 9.59 Å². The number of carbonyl (C=O) groups excluding carboxylic acids is 2. The number of hydrogen-bond acceptors (Lipinski definition) is 3. The monoisotopic (exact) mass is 395 g/mol. The van der Waals surface area contributed by atoms with Crippen LogP contribution in [-0.4, -0.2) is 33.9 Å². The van der Waals surface area contributed by atoms with E-state index in [1.54, 1.807) is 18.1 Å². The third-order valence-corrected chi connectivity index (χ3v) is 5.00. The van der Waals surface area contributed by atoms with Gasteiger partial charge >= 0.3 is 0 Å². The number of carbonyl (C=O) groups is 2. The largest absolute Gasteiger partial charge is 0.497 e. The summed E-state index contributed by atoms with van der Waals surface area (Å²) in [5.41, 5.74) is 3.12. The summed E-state index contributed by atoms with van der Waals surface area (Å²) in [5, 5.41) is 3.05. The van der Waals surface area contributed by atoms with E-state index >= 15 is 0 Å². The van der Waals surface area contributed by atoms with E-state index in [2.05, 4.69) is 5.32 Å². The van der Waals surface area contributed by atoms with Crippen molar-refractivity contribution in [2.75, 3.05) is 7.11 Å². The van der Waals surface area contributed by atoms with Crippen molar-refractivity contribution in [2.24, 2.45) is 7.05 Å². The van der Waals surface area contributed by atoms with Gasteiger partial charge < -0.3 is 19.5 Å². The summed E-state index contributed by atoms with van der Waals surface area (Å²) >= 11 is 0. The summed E-state index contributed by atoms with van der Waals surface area (Å²) in [7, 11) is 3.52. The number of nitrogens with one attached hydrogen (secondary N) is 1. The number of hydrogen-bond donors (Lipinski definition) is 1. The van der Waals surface area contributed by atoms with E-state index in [1.807, 2.05) is 75.8 Å². The van der Waals surface area contributed by atoms with E-state index in [4.69, 9.17) is 4.74 Å². The fourth-order valence-corrected chi connectivity index (χ4v) is 3.64. The highest BCUT2D eigenvalue weighted by atomic mass is 16.5. The lowest BCUT2D eigenvalue weighted by Gasteiger charge is -2.33. The SMILES string of the molecule is COc1ccc(CN2C(=O)C=C(C)c3ccn(C)c3C2C(=O)NC(C)(C)C)cc1. The highest BCUT2D eigenvalue weighted by Crippen LogP contribution is 2.34. The molecule has 0 saturated heterocycles. The zero-order valence-corrected chi connectivity index (χ0v) is 17.9. The minimum Gasteiger partial charge on any atom is -0.497 e. The number of rotatable bonds is 4. The van der Waals surface area contributed by atoms with Crippen LogP contribution in [0, 0.1) is 0 Å². The first kappa shape index (κ1) is 20.7. The maximum absolute atomic E-state index is 13.4. The molecule has 2 amide bonds. The molecule has 0 bridgehead atoms. The average Bonchev–Trinajstić information content (AvgIpc) is 2.97. The Morgan fingerprint density at radius 2 is 1.83 bits per heavy atom. The highest BCUT2D eigenvalue weighted by Gasteiger charge is 2.37. The molecule has 1 unspecified atom stereocenters. The molecule has 3 rings (SSSR count). The Balaban J connectivity index is 2.07. The van der Waals surface area contributed by atoms with Crippen molar-refractivity contribution in [1.29, 1.82) is 0 Å². The molecule has 1 aliphatic rings. The summed E-state index contributed by atoms with van der Waals surface area (Å²) < 4.78 is 7.15.